The number of halogens is 1. The van der Waals surface area contributed by atoms with Crippen molar-refractivity contribution >= 4 is 23.3 Å². The summed E-state index contributed by atoms with van der Waals surface area (Å²) in [5.74, 6) is -1.15. The summed E-state index contributed by atoms with van der Waals surface area (Å²) >= 11 is 5.86. The first kappa shape index (κ1) is 19.3. The number of hydrogen-bond acceptors (Lipinski definition) is 7. The highest BCUT2D eigenvalue weighted by Gasteiger charge is 2.32. The van der Waals surface area contributed by atoms with Crippen LogP contribution in [0.1, 0.15) is 16.8 Å². The summed E-state index contributed by atoms with van der Waals surface area (Å²) < 4.78 is 10.4. The maximum atomic E-state index is 12.6. The Bertz CT molecular complexity index is 802. The van der Waals surface area contributed by atoms with Crippen LogP contribution in [0.4, 0.5) is 5.82 Å². The van der Waals surface area contributed by atoms with Gasteiger partial charge in [-0.3, -0.25) is 14.2 Å². The van der Waals surface area contributed by atoms with Crippen molar-refractivity contribution in [3.8, 4) is 11.3 Å². The summed E-state index contributed by atoms with van der Waals surface area (Å²) in [6.07, 6.45) is 0.723. The minimum Gasteiger partial charge on any atom is -0.379 e. The lowest BCUT2D eigenvalue weighted by Crippen LogP contribution is -2.38. The average molecular weight is 395 g/mol. The monoisotopic (exact) mass is 394 g/mol. The van der Waals surface area contributed by atoms with Gasteiger partial charge in [0.25, 0.3) is 5.91 Å². The predicted octanol–water partition coefficient (Wildman–Crippen LogP) is 2.36. The number of nitrogens with zero attached hydrogens (tertiary/aromatic N) is 3. The summed E-state index contributed by atoms with van der Waals surface area (Å²) in [5.41, 5.74) is 0.298. The van der Waals surface area contributed by atoms with Crippen LogP contribution in [-0.4, -0.2) is 60.3 Å². The highest BCUT2D eigenvalue weighted by atomic mass is 35.5. The maximum Gasteiger partial charge on any atom is 0.427 e. The number of hydrogen-bond donors (Lipinski definition) is 1. The molecule has 1 aromatic heterocycles. The largest absolute Gasteiger partial charge is 0.427 e. The van der Waals surface area contributed by atoms with Crippen molar-refractivity contribution in [2.24, 2.45) is 0 Å². The molecule has 2 aromatic rings. The molecule has 10 heteroatoms. The predicted molar refractivity (Wildman–Crippen MR) is 97.8 cm³/mol. The first-order valence-electron chi connectivity index (χ1n) is 8.54. The molecule has 3 rings (SSSR count). The van der Waals surface area contributed by atoms with Crippen molar-refractivity contribution in [1.82, 2.24) is 15.4 Å². The Morgan fingerprint density at radius 1 is 1.30 bits per heavy atom. The molecule has 0 saturated carbocycles. The van der Waals surface area contributed by atoms with Crippen molar-refractivity contribution in [1.29, 1.82) is 0 Å². The minimum atomic E-state index is -0.731. The van der Waals surface area contributed by atoms with E-state index in [0.29, 0.717) is 30.3 Å². The van der Waals surface area contributed by atoms with Gasteiger partial charge in [0.15, 0.2) is 10.7 Å². The fourth-order valence-corrected chi connectivity index (χ4v) is 2.95. The molecule has 0 spiro atoms. The Kier molecular flexibility index (Phi) is 6.38. The number of ether oxygens (including phenoxy) is 1. The van der Waals surface area contributed by atoms with Crippen LogP contribution in [0.5, 0.6) is 0 Å². The van der Waals surface area contributed by atoms with E-state index in [2.05, 4.69) is 15.4 Å². The molecule has 27 heavy (non-hydrogen) atoms. The summed E-state index contributed by atoms with van der Waals surface area (Å²) in [7, 11) is 0. The second kappa shape index (κ2) is 8.94. The Morgan fingerprint density at radius 3 is 2.67 bits per heavy atom. The van der Waals surface area contributed by atoms with Gasteiger partial charge in [-0.1, -0.05) is 11.6 Å². The van der Waals surface area contributed by atoms with E-state index < -0.39 is 16.6 Å². The van der Waals surface area contributed by atoms with Gasteiger partial charge in [0.1, 0.15) is 0 Å². The number of nitro groups is 1. The molecule has 1 N–H and O–H groups in total. The molecule has 1 saturated heterocycles. The van der Waals surface area contributed by atoms with Gasteiger partial charge in [-0.2, -0.15) is 0 Å². The van der Waals surface area contributed by atoms with Gasteiger partial charge in [-0.05, 0) is 42.2 Å². The molecule has 144 valence electrons. The molecule has 1 amide bonds. The number of amides is 1. The summed E-state index contributed by atoms with van der Waals surface area (Å²) in [4.78, 5) is 25.3. The Balaban J connectivity index is 1.68. The van der Waals surface area contributed by atoms with Crippen molar-refractivity contribution in [3.63, 3.8) is 0 Å². The van der Waals surface area contributed by atoms with Crippen LogP contribution in [0.25, 0.3) is 11.3 Å². The molecule has 0 unspecified atom stereocenters. The van der Waals surface area contributed by atoms with E-state index in [1.54, 1.807) is 24.3 Å². The molecule has 1 aliphatic rings. The standard InChI is InChI=1S/C17H19ClN4O5/c18-13-4-2-12(3-5-13)15-14(16(20-27-15)22(24)25)17(23)19-6-1-7-21-8-10-26-11-9-21/h2-5H,1,6-11H2,(H,19,23). The van der Waals surface area contributed by atoms with Crippen molar-refractivity contribution < 1.29 is 19.0 Å². The number of benzene rings is 1. The average Bonchev–Trinajstić information content (AvgIpc) is 3.12. The molecule has 1 aromatic carbocycles. The third kappa shape index (κ3) is 4.82. The highest BCUT2D eigenvalue weighted by molar-refractivity contribution is 6.30. The van der Waals surface area contributed by atoms with E-state index in [9.17, 15) is 14.9 Å². The second-order valence-corrected chi connectivity index (χ2v) is 6.47. The number of carbonyl (C=O) groups is 1. The molecule has 0 atom stereocenters. The number of nitrogens with one attached hydrogen (secondary N) is 1. The van der Waals surface area contributed by atoms with E-state index in [1.165, 1.54) is 0 Å². The number of carbonyl (C=O) groups excluding carboxylic acids is 1. The summed E-state index contributed by atoms with van der Waals surface area (Å²) in [6.45, 7) is 4.36. The topological polar surface area (TPSA) is 111 Å². The third-order valence-electron chi connectivity index (χ3n) is 4.22. The zero-order valence-electron chi connectivity index (χ0n) is 14.5. The van der Waals surface area contributed by atoms with Gasteiger partial charge in [-0.15, -0.1) is 0 Å². The molecular weight excluding hydrogens is 376 g/mol. The molecule has 0 aliphatic carbocycles. The highest BCUT2D eigenvalue weighted by Crippen LogP contribution is 2.31. The SMILES string of the molecule is O=C(NCCCN1CCOCC1)c1c([N+](=O)[O-])noc1-c1ccc(Cl)cc1. The van der Waals surface area contributed by atoms with Gasteiger partial charge < -0.3 is 20.2 Å². The van der Waals surface area contributed by atoms with Crippen LogP contribution in [-0.2, 0) is 4.74 Å². The van der Waals surface area contributed by atoms with Gasteiger partial charge in [-0.25, -0.2) is 0 Å². The van der Waals surface area contributed by atoms with Crippen LogP contribution in [0.15, 0.2) is 28.8 Å². The fourth-order valence-electron chi connectivity index (χ4n) is 2.83. The fraction of sp³-hybridized carbons (Fsp3) is 0.412. The van der Waals surface area contributed by atoms with Crippen LogP contribution >= 0.6 is 11.6 Å². The van der Waals surface area contributed by atoms with E-state index in [1.807, 2.05) is 0 Å². The summed E-state index contributed by atoms with van der Waals surface area (Å²) in [5, 5.41) is 17.9. The smallest absolute Gasteiger partial charge is 0.379 e. The molecule has 0 radical (unpaired) electrons. The number of rotatable bonds is 7. The molecule has 1 fully saturated rings. The Labute approximate surface area is 160 Å². The Morgan fingerprint density at radius 2 is 2.00 bits per heavy atom. The van der Waals surface area contributed by atoms with Crippen LogP contribution < -0.4 is 5.32 Å². The number of aromatic nitrogens is 1. The maximum absolute atomic E-state index is 12.6. The lowest BCUT2D eigenvalue weighted by atomic mass is 10.1. The second-order valence-electron chi connectivity index (χ2n) is 6.04. The van der Waals surface area contributed by atoms with Gasteiger partial charge in [0.2, 0.25) is 5.76 Å². The molecule has 2 heterocycles. The lowest BCUT2D eigenvalue weighted by molar-refractivity contribution is -0.391. The zero-order chi connectivity index (χ0) is 19.2. The van der Waals surface area contributed by atoms with Crippen LogP contribution in [0.3, 0.4) is 0 Å². The zero-order valence-corrected chi connectivity index (χ0v) is 15.3. The quantitative estimate of drug-likeness (QED) is 0.436. The molecule has 0 bridgehead atoms. The molecular formula is C17H19ClN4O5. The van der Waals surface area contributed by atoms with Crippen molar-refractivity contribution in [2.45, 2.75) is 6.42 Å². The minimum absolute atomic E-state index is 0.0454. The lowest BCUT2D eigenvalue weighted by Gasteiger charge is -2.26. The first-order chi connectivity index (χ1) is 13.1. The normalized spacial score (nSPS) is 14.9. The first-order valence-corrected chi connectivity index (χ1v) is 8.92. The van der Waals surface area contributed by atoms with Gasteiger partial charge in [0.05, 0.1) is 13.2 Å². The summed E-state index contributed by atoms with van der Waals surface area (Å²) in [6, 6.07) is 6.44. The third-order valence-corrected chi connectivity index (χ3v) is 4.47. The van der Waals surface area contributed by atoms with Crippen molar-refractivity contribution in [3.05, 3.63) is 45.0 Å². The van der Waals surface area contributed by atoms with E-state index in [0.717, 1.165) is 26.1 Å². The van der Waals surface area contributed by atoms with E-state index in [4.69, 9.17) is 20.9 Å². The van der Waals surface area contributed by atoms with Crippen LogP contribution in [0.2, 0.25) is 5.02 Å². The van der Waals surface area contributed by atoms with Crippen LogP contribution in [0, 0.1) is 10.1 Å². The van der Waals surface area contributed by atoms with Gasteiger partial charge in [0, 0.05) is 30.2 Å². The van der Waals surface area contributed by atoms with Crippen molar-refractivity contribution in [2.75, 3.05) is 39.4 Å². The Hall–Kier alpha value is -2.49. The van der Waals surface area contributed by atoms with E-state index in [-0.39, 0.29) is 11.3 Å². The molecule has 1 aliphatic heterocycles. The molecule has 9 nitrogen and oxygen atoms in total. The van der Waals surface area contributed by atoms with Gasteiger partial charge >= 0.3 is 5.82 Å². The number of morpholine rings is 1. The van der Waals surface area contributed by atoms with E-state index >= 15 is 0 Å².